The van der Waals surface area contributed by atoms with E-state index in [1.807, 2.05) is 0 Å². The molecule has 17 heavy (non-hydrogen) atoms. The summed E-state index contributed by atoms with van der Waals surface area (Å²) < 4.78 is 0. The standard InChI is InChI=1S/C11H22N2O4/c1-6-8(9(14)15)13(5)10(16)12(4)7-11(2,3)17/h8,17H,6-7H2,1-5H3,(H,14,15). The van der Waals surface area contributed by atoms with Gasteiger partial charge < -0.3 is 20.0 Å². The van der Waals surface area contributed by atoms with E-state index < -0.39 is 23.6 Å². The zero-order chi connectivity index (χ0) is 13.8. The number of nitrogens with zero attached hydrogens (tertiary/aromatic N) is 2. The molecular weight excluding hydrogens is 224 g/mol. The minimum atomic E-state index is -1.03. The Bertz CT molecular complexity index is 286. The minimum absolute atomic E-state index is 0.145. The summed E-state index contributed by atoms with van der Waals surface area (Å²) in [6.07, 6.45) is 0.341. The molecule has 2 N–H and O–H groups in total. The lowest BCUT2D eigenvalue weighted by molar-refractivity contribution is -0.142. The van der Waals surface area contributed by atoms with E-state index in [1.54, 1.807) is 20.8 Å². The van der Waals surface area contributed by atoms with Crippen LogP contribution in [0.1, 0.15) is 27.2 Å². The number of carboxylic acid groups (broad SMARTS) is 1. The van der Waals surface area contributed by atoms with Gasteiger partial charge in [-0.3, -0.25) is 0 Å². The SMILES string of the molecule is CCC(C(=O)O)N(C)C(=O)N(C)CC(C)(C)O. The number of hydrogen-bond donors (Lipinski definition) is 2. The largest absolute Gasteiger partial charge is 0.480 e. The van der Waals surface area contributed by atoms with Crippen molar-refractivity contribution >= 4 is 12.0 Å². The van der Waals surface area contributed by atoms with Crippen molar-refractivity contribution < 1.29 is 19.8 Å². The molecule has 0 fully saturated rings. The Morgan fingerprint density at radius 3 is 2.06 bits per heavy atom. The number of rotatable bonds is 5. The van der Waals surface area contributed by atoms with Crippen molar-refractivity contribution in [2.75, 3.05) is 20.6 Å². The first kappa shape index (κ1) is 15.7. The summed E-state index contributed by atoms with van der Waals surface area (Å²) in [6.45, 7) is 5.03. The van der Waals surface area contributed by atoms with E-state index in [4.69, 9.17) is 5.11 Å². The average Bonchev–Trinajstić information content (AvgIpc) is 2.14. The van der Waals surface area contributed by atoms with Gasteiger partial charge in [-0.1, -0.05) is 6.92 Å². The van der Waals surface area contributed by atoms with Gasteiger partial charge in [0, 0.05) is 14.1 Å². The van der Waals surface area contributed by atoms with Crippen LogP contribution in [-0.4, -0.2) is 64.3 Å². The van der Waals surface area contributed by atoms with Crippen LogP contribution < -0.4 is 0 Å². The molecule has 0 saturated carbocycles. The highest BCUT2D eigenvalue weighted by molar-refractivity contribution is 5.82. The molecule has 2 amide bonds. The van der Waals surface area contributed by atoms with Crippen LogP contribution >= 0.6 is 0 Å². The van der Waals surface area contributed by atoms with Gasteiger partial charge in [0.05, 0.1) is 12.1 Å². The van der Waals surface area contributed by atoms with Crippen molar-refractivity contribution in [1.29, 1.82) is 0 Å². The molecule has 0 aliphatic carbocycles. The maximum Gasteiger partial charge on any atom is 0.326 e. The predicted molar refractivity (Wildman–Crippen MR) is 63.8 cm³/mol. The molecule has 0 saturated heterocycles. The summed E-state index contributed by atoms with van der Waals surface area (Å²) in [5.74, 6) is -1.03. The Labute approximate surface area is 102 Å². The van der Waals surface area contributed by atoms with Gasteiger partial charge in [0.2, 0.25) is 0 Å². The Kier molecular flexibility index (Phi) is 5.41. The summed E-state index contributed by atoms with van der Waals surface area (Å²) in [6, 6.07) is -1.26. The van der Waals surface area contributed by atoms with Crippen LogP contribution in [0.2, 0.25) is 0 Å². The number of likely N-dealkylation sites (N-methyl/N-ethyl adjacent to an activating group) is 2. The van der Waals surface area contributed by atoms with Crippen LogP contribution in [0.5, 0.6) is 0 Å². The quantitative estimate of drug-likeness (QED) is 0.744. The molecule has 0 radical (unpaired) electrons. The second-order valence-electron chi connectivity index (χ2n) is 4.82. The van der Waals surface area contributed by atoms with Crippen LogP contribution in [0.3, 0.4) is 0 Å². The number of hydrogen-bond acceptors (Lipinski definition) is 3. The molecule has 100 valence electrons. The Morgan fingerprint density at radius 1 is 1.29 bits per heavy atom. The average molecular weight is 246 g/mol. The molecule has 1 unspecified atom stereocenters. The van der Waals surface area contributed by atoms with Gasteiger partial charge >= 0.3 is 12.0 Å². The molecule has 0 aromatic rings. The summed E-state index contributed by atoms with van der Waals surface area (Å²) in [7, 11) is 2.98. The first-order valence-corrected chi connectivity index (χ1v) is 5.53. The molecule has 0 aromatic carbocycles. The third-order valence-electron chi connectivity index (χ3n) is 2.39. The topological polar surface area (TPSA) is 81.1 Å². The second kappa shape index (κ2) is 5.86. The lowest BCUT2D eigenvalue weighted by Crippen LogP contribution is -2.50. The maximum absolute atomic E-state index is 11.9. The van der Waals surface area contributed by atoms with Gasteiger partial charge in [-0.2, -0.15) is 0 Å². The third-order valence-corrected chi connectivity index (χ3v) is 2.39. The molecule has 0 spiro atoms. The molecule has 0 bridgehead atoms. The van der Waals surface area contributed by atoms with E-state index >= 15 is 0 Å². The molecule has 0 aliphatic heterocycles. The molecule has 0 aliphatic rings. The first-order chi connectivity index (χ1) is 7.60. The second-order valence-corrected chi connectivity index (χ2v) is 4.82. The molecule has 6 heteroatoms. The van der Waals surface area contributed by atoms with Crippen LogP contribution in [0.4, 0.5) is 4.79 Å². The number of carbonyl (C=O) groups excluding carboxylic acids is 1. The fourth-order valence-corrected chi connectivity index (χ4v) is 1.66. The van der Waals surface area contributed by atoms with Crippen molar-refractivity contribution in [3.63, 3.8) is 0 Å². The highest BCUT2D eigenvalue weighted by Gasteiger charge is 2.28. The number of amides is 2. The number of urea groups is 1. The normalized spacial score (nSPS) is 13.1. The Balaban J connectivity index is 4.64. The summed E-state index contributed by atoms with van der Waals surface area (Å²) in [5, 5.41) is 18.5. The zero-order valence-electron chi connectivity index (χ0n) is 11.1. The molecular formula is C11H22N2O4. The van der Waals surface area contributed by atoms with Gasteiger partial charge in [-0.25, -0.2) is 9.59 Å². The third kappa shape index (κ3) is 5.04. The monoisotopic (exact) mass is 246 g/mol. The fraction of sp³-hybridized carbons (Fsp3) is 0.818. The highest BCUT2D eigenvalue weighted by atomic mass is 16.4. The van der Waals surface area contributed by atoms with Crippen LogP contribution in [0.25, 0.3) is 0 Å². The van der Waals surface area contributed by atoms with E-state index in [0.29, 0.717) is 6.42 Å². The summed E-state index contributed by atoms with van der Waals surface area (Å²) >= 11 is 0. The van der Waals surface area contributed by atoms with Crippen LogP contribution in [0, 0.1) is 0 Å². The van der Waals surface area contributed by atoms with Gasteiger partial charge in [0.25, 0.3) is 0 Å². The smallest absolute Gasteiger partial charge is 0.326 e. The van der Waals surface area contributed by atoms with Crippen LogP contribution in [0.15, 0.2) is 0 Å². The summed E-state index contributed by atoms with van der Waals surface area (Å²) in [5.41, 5.74) is -1.00. The molecule has 0 aromatic heterocycles. The maximum atomic E-state index is 11.9. The van der Waals surface area contributed by atoms with Crippen molar-refractivity contribution in [2.45, 2.75) is 38.8 Å². The van der Waals surface area contributed by atoms with E-state index in [2.05, 4.69) is 0 Å². The zero-order valence-corrected chi connectivity index (χ0v) is 11.1. The fourth-order valence-electron chi connectivity index (χ4n) is 1.66. The first-order valence-electron chi connectivity index (χ1n) is 5.53. The number of aliphatic carboxylic acids is 1. The predicted octanol–water partition coefficient (Wildman–Crippen LogP) is 0.604. The summed E-state index contributed by atoms with van der Waals surface area (Å²) in [4.78, 5) is 25.3. The van der Waals surface area contributed by atoms with E-state index in [0.717, 1.165) is 0 Å². The lowest BCUT2D eigenvalue weighted by Gasteiger charge is -2.32. The van der Waals surface area contributed by atoms with Crippen molar-refractivity contribution in [3.05, 3.63) is 0 Å². The number of carbonyl (C=O) groups is 2. The number of carboxylic acids is 1. The van der Waals surface area contributed by atoms with Gasteiger partial charge in [-0.15, -0.1) is 0 Å². The highest BCUT2D eigenvalue weighted by Crippen LogP contribution is 2.09. The molecule has 1 atom stereocenters. The van der Waals surface area contributed by atoms with Crippen LogP contribution in [-0.2, 0) is 4.79 Å². The van der Waals surface area contributed by atoms with Gasteiger partial charge in [-0.05, 0) is 20.3 Å². The van der Waals surface area contributed by atoms with Crippen molar-refractivity contribution in [3.8, 4) is 0 Å². The number of aliphatic hydroxyl groups is 1. The minimum Gasteiger partial charge on any atom is -0.480 e. The Morgan fingerprint density at radius 2 is 1.76 bits per heavy atom. The van der Waals surface area contributed by atoms with E-state index in [1.165, 1.54) is 23.9 Å². The van der Waals surface area contributed by atoms with E-state index in [-0.39, 0.29) is 6.54 Å². The molecule has 0 rings (SSSR count). The van der Waals surface area contributed by atoms with Crippen molar-refractivity contribution in [1.82, 2.24) is 9.80 Å². The van der Waals surface area contributed by atoms with Gasteiger partial charge in [0.15, 0.2) is 0 Å². The van der Waals surface area contributed by atoms with E-state index in [9.17, 15) is 14.7 Å². The van der Waals surface area contributed by atoms with Gasteiger partial charge in [0.1, 0.15) is 6.04 Å². The lowest BCUT2D eigenvalue weighted by atomic mass is 10.1. The van der Waals surface area contributed by atoms with Crippen molar-refractivity contribution in [2.24, 2.45) is 0 Å². The molecule has 0 heterocycles. The molecule has 6 nitrogen and oxygen atoms in total. The Hall–Kier alpha value is -1.30.